The van der Waals surface area contributed by atoms with Crippen LogP contribution in [0.15, 0.2) is 33.3 Å². The summed E-state index contributed by atoms with van der Waals surface area (Å²) in [6.07, 6.45) is 3.58. The topological polar surface area (TPSA) is 38.1 Å². The lowest BCUT2D eigenvalue weighted by molar-refractivity contribution is 0.493. The van der Waals surface area contributed by atoms with Crippen molar-refractivity contribution < 1.29 is 4.42 Å². The van der Waals surface area contributed by atoms with E-state index in [0.29, 0.717) is 5.02 Å². The van der Waals surface area contributed by atoms with Crippen molar-refractivity contribution in [2.24, 2.45) is 0 Å². The van der Waals surface area contributed by atoms with E-state index in [4.69, 9.17) is 16.0 Å². The number of oxazole rings is 1. The van der Waals surface area contributed by atoms with E-state index in [0.717, 1.165) is 47.6 Å². The number of rotatable bonds is 6. The molecule has 3 nitrogen and oxygen atoms in total. The quantitative estimate of drug-likeness (QED) is 0.795. The molecule has 1 N–H and O–H groups in total. The molecule has 1 aromatic heterocycles. The highest BCUT2D eigenvalue weighted by atomic mass is 79.9. The minimum atomic E-state index is 0.657. The molecule has 0 fully saturated rings. The predicted molar refractivity (Wildman–Crippen MR) is 81.5 cm³/mol. The first-order valence-electron chi connectivity index (χ1n) is 6.31. The molecule has 0 spiro atoms. The Hall–Kier alpha value is -0.840. The van der Waals surface area contributed by atoms with E-state index in [2.05, 4.69) is 33.2 Å². The van der Waals surface area contributed by atoms with Crippen molar-refractivity contribution in [3.63, 3.8) is 0 Å². The van der Waals surface area contributed by atoms with Gasteiger partial charge in [-0.3, -0.25) is 0 Å². The second-order valence-electron chi connectivity index (χ2n) is 4.20. The fourth-order valence-electron chi connectivity index (χ4n) is 1.78. The summed E-state index contributed by atoms with van der Waals surface area (Å²) in [5.74, 6) is 1.47. The lowest BCUT2D eigenvalue weighted by atomic mass is 10.2. The third kappa shape index (κ3) is 4.06. The van der Waals surface area contributed by atoms with Crippen LogP contribution in [0.5, 0.6) is 0 Å². The number of aryl methyl sites for hydroxylation is 1. The molecule has 102 valence electrons. The molecule has 19 heavy (non-hydrogen) atoms. The minimum absolute atomic E-state index is 0.657. The van der Waals surface area contributed by atoms with Crippen molar-refractivity contribution in [1.29, 1.82) is 0 Å². The number of nitrogens with one attached hydrogen (secondary N) is 1. The maximum absolute atomic E-state index is 6.19. The van der Waals surface area contributed by atoms with Crippen molar-refractivity contribution in [1.82, 2.24) is 10.3 Å². The van der Waals surface area contributed by atoms with Gasteiger partial charge in [-0.05, 0) is 37.7 Å². The molecule has 0 aliphatic heterocycles. The maximum Gasteiger partial charge on any atom is 0.194 e. The van der Waals surface area contributed by atoms with E-state index in [9.17, 15) is 0 Å². The van der Waals surface area contributed by atoms with Crippen LogP contribution in [0.4, 0.5) is 0 Å². The molecule has 0 saturated heterocycles. The lowest BCUT2D eigenvalue weighted by Gasteiger charge is -2.01. The summed E-state index contributed by atoms with van der Waals surface area (Å²) in [4.78, 5) is 4.29. The van der Waals surface area contributed by atoms with Gasteiger partial charge in [0.1, 0.15) is 0 Å². The van der Waals surface area contributed by atoms with E-state index in [1.807, 2.05) is 18.2 Å². The average molecular weight is 344 g/mol. The molecule has 0 saturated carbocycles. The van der Waals surface area contributed by atoms with Crippen molar-refractivity contribution in [2.75, 3.05) is 13.1 Å². The Kier molecular flexibility index (Phi) is 5.43. The highest BCUT2D eigenvalue weighted by Gasteiger charge is 2.10. The molecule has 1 aromatic carbocycles. The fraction of sp³-hybridized carbons (Fsp3) is 0.357. The standard InChI is InChI=1S/C14H16BrClN2O/c1-2-17-7-3-4-14-18-9-13(19-14)11-6-5-10(15)8-12(11)16/h5-6,8-9,17H,2-4,7H2,1H3. The van der Waals surface area contributed by atoms with Crippen LogP contribution in [0.2, 0.25) is 5.02 Å². The van der Waals surface area contributed by atoms with Gasteiger partial charge in [0.25, 0.3) is 0 Å². The Morgan fingerprint density at radius 2 is 2.26 bits per heavy atom. The molecule has 0 unspecified atom stereocenters. The fourth-order valence-corrected chi connectivity index (χ4v) is 2.55. The number of benzene rings is 1. The van der Waals surface area contributed by atoms with Crippen LogP contribution in [-0.4, -0.2) is 18.1 Å². The van der Waals surface area contributed by atoms with Crippen molar-refractivity contribution in [3.05, 3.63) is 39.8 Å². The van der Waals surface area contributed by atoms with Gasteiger partial charge in [0, 0.05) is 16.5 Å². The first kappa shape index (κ1) is 14.6. The normalized spacial score (nSPS) is 10.9. The smallest absolute Gasteiger partial charge is 0.194 e. The first-order chi connectivity index (χ1) is 9.20. The molecule has 5 heteroatoms. The Bertz CT molecular complexity index is 542. The first-order valence-corrected chi connectivity index (χ1v) is 7.48. The van der Waals surface area contributed by atoms with Gasteiger partial charge >= 0.3 is 0 Å². The summed E-state index contributed by atoms with van der Waals surface area (Å²) in [6.45, 7) is 4.07. The van der Waals surface area contributed by atoms with Crippen LogP contribution in [-0.2, 0) is 6.42 Å². The van der Waals surface area contributed by atoms with Gasteiger partial charge < -0.3 is 9.73 Å². The van der Waals surface area contributed by atoms with Gasteiger partial charge in [-0.2, -0.15) is 0 Å². The molecule has 0 aliphatic carbocycles. The van der Waals surface area contributed by atoms with Crippen LogP contribution >= 0.6 is 27.5 Å². The summed E-state index contributed by atoms with van der Waals surface area (Å²) in [5, 5.41) is 3.93. The predicted octanol–water partition coefficient (Wildman–Crippen LogP) is 4.30. The van der Waals surface area contributed by atoms with Gasteiger partial charge in [0.15, 0.2) is 11.7 Å². The summed E-state index contributed by atoms with van der Waals surface area (Å²) < 4.78 is 6.68. The van der Waals surface area contributed by atoms with Crippen LogP contribution < -0.4 is 5.32 Å². The zero-order valence-electron chi connectivity index (χ0n) is 10.7. The Balaban J connectivity index is 2.04. The van der Waals surface area contributed by atoms with E-state index >= 15 is 0 Å². The van der Waals surface area contributed by atoms with Crippen LogP contribution in [0.3, 0.4) is 0 Å². The molecule has 0 atom stereocenters. The Morgan fingerprint density at radius 3 is 3.00 bits per heavy atom. The minimum Gasteiger partial charge on any atom is -0.441 e. The van der Waals surface area contributed by atoms with Crippen LogP contribution in [0.25, 0.3) is 11.3 Å². The summed E-state index contributed by atoms with van der Waals surface area (Å²) in [7, 11) is 0. The molecule has 0 radical (unpaired) electrons. The largest absolute Gasteiger partial charge is 0.441 e. The third-order valence-electron chi connectivity index (χ3n) is 2.74. The van der Waals surface area contributed by atoms with E-state index in [1.54, 1.807) is 6.20 Å². The number of hydrogen-bond donors (Lipinski definition) is 1. The second kappa shape index (κ2) is 7.08. The average Bonchev–Trinajstić information content (AvgIpc) is 2.83. The van der Waals surface area contributed by atoms with E-state index in [-0.39, 0.29) is 0 Å². The Labute approximate surface area is 126 Å². The molecular weight excluding hydrogens is 328 g/mol. The monoisotopic (exact) mass is 342 g/mol. The van der Waals surface area contributed by atoms with Crippen LogP contribution in [0, 0.1) is 0 Å². The summed E-state index contributed by atoms with van der Waals surface area (Å²) in [6, 6.07) is 5.72. The van der Waals surface area contributed by atoms with Crippen molar-refractivity contribution in [3.8, 4) is 11.3 Å². The molecule has 2 aromatic rings. The molecule has 0 aliphatic rings. The molecule has 1 heterocycles. The maximum atomic E-state index is 6.19. The molecular formula is C14H16BrClN2O. The third-order valence-corrected chi connectivity index (χ3v) is 3.55. The number of aromatic nitrogens is 1. The van der Waals surface area contributed by atoms with Gasteiger partial charge in [-0.25, -0.2) is 4.98 Å². The van der Waals surface area contributed by atoms with Gasteiger partial charge in [0.05, 0.1) is 11.2 Å². The van der Waals surface area contributed by atoms with Gasteiger partial charge in [-0.1, -0.05) is 34.5 Å². The van der Waals surface area contributed by atoms with Gasteiger partial charge in [-0.15, -0.1) is 0 Å². The van der Waals surface area contributed by atoms with Crippen LogP contribution in [0.1, 0.15) is 19.2 Å². The van der Waals surface area contributed by atoms with Crippen molar-refractivity contribution >= 4 is 27.5 Å². The zero-order valence-corrected chi connectivity index (χ0v) is 13.1. The highest BCUT2D eigenvalue weighted by molar-refractivity contribution is 9.10. The lowest BCUT2D eigenvalue weighted by Crippen LogP contribution is -2.14. The Morgan fingerprint density at radius 1 is 1.42 bits per heavy atom. The molecule has 0 amide bonds. The summed E-state index contributed by atoms with van der Waals surface area (Å²) >= 11 is 9.58. The van der Waals surface area contributed by atoms with E-state index in [1.165, 1.54) is 0 Å². The van der Waals surface area contributed by atoms with Crippen molar-refractivity contribution in [2.45, 2.75) is 19.8 Å². The molecule has 0 bridgehead atoms. The number of halogens is 2. The van der Waals surface area contributed by atoms with Gasteiger partial charge in [0.2, 0.25) is 0 Å². The zero-order chi connectivity index (χ0) is 13.7. The number of nitrogens with zero attached hydrogens (tertiary/aromatic N) is 1. The van der Waals surface area contributed by atoms with E-state index < -0.39 is 0 Å². The highest BCUT2D eigenvalue weighted by Crippen LogP contribution is 2.30. The second-order valence-corrected chi connectivity index (χ2v) is 5.52. The molecule has 2 rings (SSSR count). The summed E-state index contributed by atoms with van der Waals surface area (Å²) in [5.41, 5.74) is 0.871. The number of hydrogen-bond acceptors (Lipinski definition) is 3. The SMILES string of the molecule is CCNCCCc1ncc(-c2ccc(Br)cc2Cl)o1.